The van der Waals surface area contributed by atoms with Crippen molar-refractivity contribution in [2.45, 2.75) is 57.7 Å². The molecule has 4 heterocycles. The molecule has 0 unspecified atom stereocenters. The molecule has 11 nitrogen and oxygen atoms in total. The van der Waals surface area contributed by atoms with Gasteiger partial charge in [0.05, 0.1) is 29.2 Å². The first-order valence-electron chi connectivity index (χ1n) is 10.5. The predicted molar refractivity (Wildman–Crippen MR) is 106 cm³/mol. The van der Waals surface area contributed by atoms with Gasteiger partial charge < -0.3 is 15.0 Å². The number of likely N-dealkylation sites (tertiary alicyclic amines) is 1. The molecular weight excluding hydrogens is 400 g/mol. The Morgan fingerprint density at radius 2 is 2.06 bits per heavy atom. The van der Waals surface area contributed by atoms with Gasteiger partial charge in [0.2, 0.25) is 5.91 Å². The molecule has 3 aliphatic rings. The first-order valence-corrected chi connectivity index (χ1v) is 10.5. The van der Waals surface area contributed by atoms with Crippen LogP contribution in [0.1, 0.15) is 44.7 Å². The SMILES string of the molecule is C[C@H]1C[C@]2(CC[C@H](NCc3cnc(-n4cnnn4)cn3)CC2)C(=O)N1C1=CC(=O)OC1. The van der Waals surface area contributed by atoms with Crippen LogP contribution < -0.4 is 5.32 Å². The summed E-state index contributed by atoms with van der Waals surface area (Å²) >= 11 is 0. The second-order valence-corrected chi connectivity index (χ2v) is 8.53. The molecule has 1 saturated heterocycles. The largest absolute Gasteiger partial charge is 0.456 e. The lowest BCUT2D eigenvalue weighted by Gasteiger charge is -2.36. The molecule has 1 aliphatic carbocycles. The minimum atomic E-state index is -0.363. The molecule has 2 fully saturated rings. The average Bonchev–Trinajstić information content (AvgIpc) is 3.50. The maximum absolute atomic E-state index is 13.3. The number of carbonyl (C=O) groups excluding carboxylic acids is 2. The number of hydrogen-bond acceptors (Lipinski definition) is 9. The molecular formula is C20H24N8O3. The molecule has 1 amide bonds. The zero-order chi connectivity index (χ0) is 21.4. The van der Waals surface area contributed by atoms with Gasteiger partial charge >= 0.3 is 5.97 Å². The standard InChI is InChI=1S/C20H24N8O3/c1-13-7-20(19(30)28(13)16-6-18(29)31-11-16)4-2-14(3-5-20)21-8-15-9-23-17(10-22-15)27-12-24-25-26-27/h6,9-10,12-14,21H,2-5,7-8,11H2,1H3/t13-,14-,20+/m0/s1. The van der Waals surface area contributed by atoms with Crippen LogP contribution in [0, 0.1) is 5.41 Å². The molecule has 31 heavy (non-hydrogen) atoms. The molecule has 2 aromatic rings. The van der Waals surface area contributed by atoms with Crippen LogP contribution in [0.25, 0.3) is 5.82 Å². The fourth-order valence-electron chi connectivity index (χ4n) is 4.98. The van der Waals surface area contributed by atoms with Crippen molar-refractivity contribution in [2.75, 3.05) is 6.61 Å². The third kappa shape index (κ3) is 3.69. The lowest BCUT2D eigenvalue weighted by Crippen LogP contribution is -2.42. The number of esters is 1. The van der Waals surface area contributed by atoms with Crippen molar-refractivity contribution in [2.24, 2.45) is 5.41 Å². The minimum absolute atomic E-state index is 0.0896. The minimum Gasteiger partial charge on any atom is -0.456 e. The van der Waals surface area contributed by atoms with Crippen LogP contribution in [0.3, 0.4) is 0 Å². The van der Waals surface area contributed by atoms with E-state index < -0.39 is 0 Å². The summed E-state index contributed by atoms with van der Waals surface area (Å²) in [6.07, 6.45) is 10.6. The molecule has 1 N–H and O–H groups in total. The molecule has 1 spiro atoms. The van der Waals surface area contributed by atoms with Crippen LogP contribution >= 0.6 is 0 Å². The number of hydrogen-bond donors (Lipinski definition) is 1. The van der Waals surface area contributed by atoms with E-state index in [-0.39, 0.29) is 29.9 Å². The van der Waals surface area contributed by atoms with Gasteiger partial charge in [0.25, 0.3) is 0 Å². The van der Waals surface area contributed by atoms with Crippen LogP contribution in [0.15, 0.2) is 30.5 Å². The van der Waals surface area contributed by atoms with Gasteiger partial charge in [-0.25, -0.2) is 9.78 Å². The van der Waals surface area contributed by atoms with E-state index in [0.29, 0.717) is 24.1 Å². The van der Waals surface area contributed by atoms with Gasteiger partial charge in [-0.15, -0.1) is 5.10 Å². The third-order valence-corrected chi connectivity index (χ3v) is 6.55. The number of carbonyl (C=O) groups is 2. The van der Waals surface area contributed by atoms with Gasteiger partial charge in [-0.2, -0.15) is 4.68 Å². The highest BCUT2D eigenvalue weighted by Crippen LogP contribution is 2.48. The van der Waals surface area contributed by atoms with E-state index in [1.165, 1.54) is 17.1 Å². The fraction of sp³-hybridized carbons (Fsp3) is 0.550. The molecule has 1 saturated carbocycles. The summed E-state index contributed by atoms with van der Waals surface area (Å²) in [5.74, 6) is 0.348. The molecule has 2 aromatic heterocycles. The summed E-state index contributed by atoms with van der Waals surface area (Å²) in [6, 6.07) is 0.422. The Balaban J connectivity index is 1.16. The van der Waals surface area contributed by atoms with Crippen molar-refractivity contribution >= 4 is 11.9 Å². The maximum atomic E-state index is 13.3. The molecule has 0 radical (unpaired) electrons. The zero-order valence-corrected chi connectivity index (χ0v) is 17.3. The van der Waals surface area contributed by atoms with Gasteiger partial charge in [-0.1, -0.05) is 0 Å². The quantitative estimate of drug-likeness (QED) is 0.684. The summed E-state index contributed by atoms with van der Waals surface area (Å²) in [7, 11) is 0. The van der Waals surface area contributed by atoms with Crippen LogP contribution in [0.4, 0.5) is 0 Å². The van der Waals surface area contributed by atoms with Crippen molar-refractivity contribution in [3.8, 4) is 5.82 Å². The Kier molecular flexibility index (Phi) is 4.97. The van der Waals surface area contributed by atoms with E-state index in [4.69, 9.17) is 4.74 Å². The second-order valence-electron chi connectivity index (χ2n) is 8.53. The van der Waals surface area contributed by atoms with Crippen LogP contribution in [-0.4, -0.2) is 65.6 Å². The highest BCUT2D eigenvalue weighted by atomic mass is 16.5. The molecule has 2 aliphatic heterocycles. The maximum Gasteiger partial charge on any atom is 0.333 e. The van der Waals surface area contributed by atoms with E-state index in [2.05, 4.69) is 37.7 Å². The summed E-state index contributed by atoms with van der Waals surface area (Å²) in [5, 5.41) is 14.5. The van der Waals surface area contributed by atoms with E-state index >= 15 is 0 Å². The Hall–Kier alpha value is -3.21. The van der Waals surface area contributed by atoms with Gasteiger partial charge in [-0.3, -0.25) is 9.78 Å². The highest BCUT2D eigenvalue weighted by Gasteiger charge is 2.52. The van der Waals surface area contributed by atoms with Crippen molar-refractivity contribution in [3.63, 3.8) is 0 Å². The number of nitrogens with one attached hydrogen (secondary N) is 1. The average molecular weight is 424 g/mol. The van der Waals surface area contributed by atoms with Crippen molar-refractivity contribution < 1.29 is 14.3 Å². The van der Waals surface area contributed by atoms with Crippen molar-refractivity contribution in [1.29, 1.82) is 0 Å². The summed E-state index contributed by atoms with van der Waals surface area (Å²) in [5.41, 5.74) is 1.21. The Morgan fingerprint density at radius 3 is 2.71 bits per heavy atom. The first kappa shape index (κ1) is 19.7. The summed E-state index contributed by atoms with van der Waals surface area (Å²) < 4.78 is 6.47. The summed E-state index contributed by atoms with van der Waals surface area (Å²) in [6.45, 7) is 2.87. The smallest absolute Gasteiger partial charge is 0.333 e. The first-order chi connectivity index (χ1) is 15.0. The Labute approximate surface area is 178 Å². The number of nitrogens with zero attached hydrogens (tertiary/aromatic N) is 7. The number of cyclic esters (lactones) is 1. The lowest BCUT2D eigenvalue weighted by atomic mass is 9.70. The Bertz CT molecular complexity index is 996. The van der Waals surface area contributed by atoms with Gasteiger partial charge in [-0.05, 0) is 49.5 Å². The van der Waals surface area contributed by atoms with Gasteiger partial charge in [0.15, 0.2) is 5.82 Å². The second kappa shape index (κ2) is 7.80. The van der Waals surface area contributed by atoms with E-state index in [1.54, 1.807) is 17.3 Å². The lowest BCUT2D eigenvalue weighted by molar-refractivity contribution is -0.138. The topological polar surface area (TPSA) is 128 Å². The molecule has 5 rings (SSSR count). The number of tetrazole rings is 1. The third-order valence-electron chi connectivity index (χ3n) is 6.55. The fourth-order valence-corrected chi connectivity index (χ4v) is 4.98. The molecule has 162 valence electrons. The number of ether oxygens (including phenoxy) is 1. The predicted octanol–water partition coefficient (Wildman–Crippen LogP) is 0.532. The summed E-state index contributed by atoms with van der Waals surface area (Å²) in [4.78, 5) is 35.3. The molecule has 1 atom stereocenters. The molecule has 0 bridgehead atoms. The van der Waals surface area contributed by atoms with E-state index in [9.17, 15) is 9.59 Å². The van der Waals surface area contributed by atoms with E-state index in [0.717, 1.165) is 37.8 Å². The Morgan fingerprint density at radius 1 is 1.23 bits per heavy atom. The van der Waals surface area contributed by atoms with Crippen LogP contribution in [0.5, 0.6) is 0 Å². The van der Waals surface area contributed by atoms with Crippen molar-refractivity contribution in [3.05, 3.63) is 36.2 Å². The highest BCUT2D eigenvalue weighted by molar-refractivity contribution is 5.91. The van der Waals surface area contributed by atoms with Crippen LogP contribution in [0.2, 0.25) is 0 Å². The zero-order valence-electron chi connectivity index (χ0n) is 17.3. The number of rotatable bonds is 5. The van der Waals surface area contributed by atoms with E-state index in [1.807, 2.05) is 0 Å². The van der Waals surface area contributed by atoms with Crippen molar-refractivity contribution in [1.82, 2.24) is 40.4 Å². The van der Waals surface area contributed by atoms with Crippen LogP contribution in [-0.2, 0) is 20.9 Å². The van der Waals surface area contributed by atoms with Gasteiger partial charge in [0.1, 0.15) is 12.9 Å². The number of amides is 1. The van der Waals surface area contributed by atoms with Gasteiger partial charge in [0, 0.05) is 24.7 Å². The molecule has 0 aromatic carbocycles. The number of aromatic nitrogens is 6. The monoisotopic (exact) mass is 424 g/mol. The molecule has 11 heteroatoms. The normalized spacial score (nSPS) is 28.3.